The van der Waals surface area contributed by atoms with Gasteiger partial charge in [-0.1, -0.05) is 26.7 Å². The molecule has 0 saturated heterocycles. The second kappa shape index (κ2) is 6.83. The van der Waals surface area contributed by atoms with Crippen LogP contribution in [-0.4, -0.2) is 12.4 Å². The van der Waals surface area contributed by atoms with Crippen LogP contribution in [0.2, 0.25) is 0 Å². The Balaban J connectivity index is 3.89. The maximum absolute atomic E-state index is 11.1. The number of rotatable bonds is 6. The second-order valence-corrected chi connectivity index (χ2v) is 2.81. The molecule has 0 saturated carbocycles. The molecule has 0 aromatic carbocycles. The van der Waals surface area contributed by atoms with Crippen molar-refractivity contribution in [3.63, 3.8) is 0 Å². The van der Waals surface area contributed by atoms with Crippen LogP contribution < -0.4 is 0 Å². The molecule has 0 radical (unpaired) electrons. The molecule has 3 heteroatoms. The topological polar surface area (TPSA) is 43.4 Å². The third-order valence-corrected chi connectivity index (χ3v) is 1.77. The zero-order chi connectivity index (χ0) is 9.40. The lowest BCUT2D eigenvalue weighted by Crippen LogP contribution is -2.16. The normalized spacial score (nSPS) is 9.92. The summed E-state index contributed by atoms with van der Waals surface area (Å²) < 4.78 is 4.29. The zero-order valence-electron chi connectivity index (χ0n) is 7.71. The van der Waals surface area contributed by atoms with Gasteiger partial charge in [-0.05, 0) is 12.8 Å². The summed E-state index contributed by atoms with van der Waals surface area (Å²) in [5, 5.41) is 0. The van der Waals surface area contributed by atoms with Crippen molar-refractivity contribution in [1.29, 1.82) is 0 Å². The minimum absolute atomic E-state index is 0.0924. The Morgan fingerprint density at radius 1 is 1.33 bits per heavy atom. The zero-order valence-corrected chi connectivity index (χ0v) is 7.71. The highest BCUT2D eigenvalue weighted by Crippen LogP contribution is 2.14. The minimum Gasteiger partial charge on any atom is -0.395 e. The van der Waals surface area contributed by atoms with Crippen molar-refractivity contribution < 1.29 is 14.3 Å². The molecule has 0 rings (SSSR count). The molecule has 0 spiro atoms. The summed E-state index contributed by atoms with van der Waals surface area (Å²) in [6, 6.07) is 0. The lowest BCUT2D eigenvalue weighted by molar-refractivity contribution is -0.155. The first kappa shape index (κ1) is 11.1. The first-order chi connectivity index (χ1) is 5.76. The van der Waals surface area contributed by atoms with E-state index in [1.165, 1.54) is 0 Å². The molecule has 0 heterocycles. The largest absolute Gasteiger partial charge is 0.395 e. The number of carbonyl (C=O) groups is 2. The Hall–Kier alpha value is -0.860. The molecule has 0 aliphatic heterocycles. The van der Waals surface area contributed by atoms with Gasteiger partial charge in [-0.2, -0.15) is 0 Å². The van der Waals surface area contributed by atoms with Gasteiger partial charge in [-0.3, -0.25) is 9.59 Å². The number of hydrogen-bond donors (Lipinski definition) is 0. The van der Waals surface area contributed by atoms with Gasteiger partial charge in [0.2, 0.25) is 0 Å². The number of carbonyl (C=O) groups excluding carboxylic acids is 2. The van der Waals surface area contributed by atoms with Gasteiger partial charge in [0, 0.05) is 0 Å². The van der Waals surface area contributed by atoms with Gasteiger partial charge in [0.15, 0.2) is 0 Å². The van der Waals surface area contributed by atoms with Crippen LogP contribution in [0, 0.1) is 5.92 Å². The predicted octanol–water partition coefficient (Wildman–Crippen LogP) is 1.90. The molecule has 0 aromatic rings. The van der Waals surface area contributed by atoms with E-state index in [1.807, 2.05) is 13.8 Å². The maximum atomic E-state index is 11.1. The highest BCUT2D eigenvalue weighted by molar-refractivity contribution is 5.78. The van der Waals surface area contributed by atoms with E-state index in [9.17, 15) is 9.59 Å². The average Bonchev–Trinajstić information content (AvgIpc) is 2.04. The van der Waals surface area contributed by atoms with Crippen LogP contribution in [-0.2, 0) is 14.3 Å². The van der Waals surface area contributed by atoms with Crippen LogP contribution in [0.4, 0.5) is 0 Å². The summed E-state index contributed by atoms with van der Waals surface area (Å²) >= 11 is 0. The molecule has 3 nitrogen and oxygen atoms in total. The summed E-state index contributed by atoms with van der Waals surface area (Å²) in [7, 11) is 0. The molecule has 0 fully saturated rings. The summed E-state index contributed by atoms with van der Waals surface area (Å²) in [6.45, 7) is 4.23. The van der Waals surface area contributed by atoms with E-state index in [4.69, 9.17) is 0 Å². The van der Waals surface area contributed by atoms with E-state index in [2.05, 4.69) is 4.74 Å². The fourth-order valence-corrected chi connectivity index (χ4v) is 1.22. The summed E-state index contributed by atoms with van der Waals surface area (Å²) in [6.07, 6.45) is 3.50. The second-order valence-electron chi connectivity index (χ2n) is 2.81. The van der Waals surface area contributed by atoms with Gasteiger partial charge in [0.05, 0.1) is 5.92 Å². The maximum Gasteiger partial charge on any atom is 0.316 e. The molecule has 0 atom stereocenters. The predicted molar refractivity (Wildman–Crippen MR) is 45.5 cm³/mol. The van der Waals surface area contributed by atoms with E-state index in [-0.39, 0.29) is 18.4 Å². The molecular formula is C9H16O3. The molecule has 0 amide bonds. The Morgan fingerprint density at radius 2 is 1.83 bits per heavy atom. The monoisotopic (exact) mass is 172 g/mol. The molecule has 0 aliphatic rings. The molecule has 12 heavy (non-hydrogen) atoms. The van der Waals surface area contributed by atoms with E-state index in [0.717, 1.165) is 25.7 Å². The lowest BCUT2D eigenvalue weighted by Gasteiger charge is -2.10. The van der Waals surface area contributed by atoms with Gasteiger partial charge in [0.1, 0.15) is 0 Å². The van der Waals surface area contributed by atoms with Crippen LogP contribution in [0.15, 0.2) is 0 Å². The smallest absolute Gasteiger partial charge is 0.316 e. The van der Waals surface area contributed by atoms with Gasteiger partial charge >= 0.3 is 12.4 Å². The van der Waals surface area contributed by atoms with E-state index in [0.29, 0.717) is 0 Å². The Bertz CT molecular complexity index is 137. The Morgan fingerprint density at radius 3 is 2.17 bits per heavy atom. The van der Waals surface area contributed by atoms with Gasteiger partial charge in [-0.25, -0.2) is 0 Å². The van der Waals surface area contributed by atoms with Crippen LogP contribution in [0.25, 0.3) is 0 Å². The van der Waals surface area contributed by atoms with Crippen LogP contribution in [0.1, 0.15) is 39.5 Å². The van der Waals surface area contributed by atoms with Crippen molar-refractivity contribution >= 4 is 12.4 Å². The number of esters is 1. The molecule has 0 N–H and O–H groups in total. The third kappa shape index (κ3) is 4.11. The lowest BCUT2D eigenvalue weighted by atomic mass is 9.99. The third-order valence-electron chi connectivity index (χ3n) is 1.77. The van der Waals surface area contributed by atoms with E-state index in [1.54, 1.807) is 0 Å². The summed E-state index contributed by atoms with van der Waals surface area (Å²) in [5.74, 6) is -0.473. The van der Waals surface area contributed by atoms with Crippen LogP contribution in [0.5, 0.6) is 0 Å². The number of ether oxygens (including phenoxy) is 1. The highest BCUT2D eigenvalue weighted by atomic mass is 16.6. The van der Waals surface area contributed by atoms with Crippen molar-refractivity contribution in [2.75, 3.05) is 0 Å². The summed E-state index contributed by atoms with van der Waals surface area (Å²) in [4.78, 5) is 21.0. The van der Waals surface area contributed by atoms with Crippen LogP contribution in [0.3, 0.4) is 0 Å². The first-order valence-electron chi connectivity index (χ1n) is 4.40. The van der Waals surface area contributed by atoms with E-state index >= 15 is 0 Å². The Kier molecular flexibility index (Phi) is 6.34. The summed E-state index contributed by atoms with van der Waals surface area (Å²) in [5.41, 5.74) is 0. The van der Waals surface area contributed by atoms with Gasteiger partial charge < -0.3 is 4.74 Å². The molecule has 0 aromatic heterocycles. The fraction of sp³-hybridized carbons (Fsp3) is 0.778. The van der Waals surface area contributed by atoms with Crippen LogP contribution >= 0.6 is 0 Å². The van der Waals surface area contributed by atoms with Gasteiger partial charge in [-0.15, -0.1) is 0 Å². The molecule has 0 aliphatic carbocycles. The Labute approximate surface area is 73.1 Å². The van der Waals surface area contributed by atoms with Crippen molar-refractivity contribution in [1.82, 2.24) is 0 Å². The molecule has 0 bridgehead atoms. The van der Waals surface area contributed by atoms with Crippen molar-refractivity contribution in [2.45, 2.75) is 39.5 Å². The van der Waals surface area contributed by atoms with Crippen molar-refractivity contribution in [3.8, 4) is 0 Å². The number of hydrogen-bond acceptors (Lipinski definition) is 3. The molecular weight excluding hydrogens is 156 g/mol. The average molecular weight is 172 g/mol. The van der Waals surface area contributed by atoms with Gasteiger partial charge in [0.25, 0.3) is 0 Å². The first-order valence-corrected chi connectivity index (χ1v) is 4.40. The SMILES string of the molecule is CCCC(CCC)C(=O)OC=O. The highest BCUT2D eigenvalue weighted by Gasteiger charge is 2.17. The molecule has 0 unspecified atom stereocenters. The standard InChI is InChI=1S/C9H16O3/c1-3-5-8(6-4-2)9(11)12-7-10/h7-8H,3-6H2,1-2H3. The quantitative estimate of drug-likeness (QED) is 0.349. The van der Waals surface area contributed by atoms with E-state index < -0.39 is 0 Å². The van der Waals surface area contributed by atoms with Crippen molar-refractivity contribution in [3.05, 3.63) is 0 Å². The minimum atomic E-state index is -0.381. The molecule has 70 valence electrons. The fourth-order valence-electron chi connectivity index (χ4n) is 1.22. The van der Waals surface area contributed by atoms with Crippen molar-refractivity contribution in [2.24, 2.45) is 5.92 Å².